The summed E-state index contributed by atoms with van der Waals surface area (Å²) in [4.78, 5) is 24.9. The number of hydrogen-bond acceptors (Lipinski definition) is 7. The molecule has 7 heteroatoms. The Morgan fingerprint density at radius 3 is 2.60 bits per heavy atom. The van der Waals surface area contributed by atoms with Crippen LogP contribution in [0.4, 0.5) is 0 Å². The van der Waals surface area contributed by atoms with Crippen LogP contribution in [0.25, 0.3) is 0 Å². The van der Waals surface area contributed by atoms with Crippen molar-refractivity contribution in [2.45, 2.75) is 91.5 Å². The molecule has 1 heterocycles. The van der Waals surface area contributed by atoms with Gasteiger partial charge in [-0.2, -0.15) is 0 Å². The summed E-state index contributed by atoms with van der Waals surface area (Å²) in [7, 11) is 1.52. The average Bonchev–Trinajstić information content (AvgIpc) is 3.13. The predicted molar refractivity (Wildman–Crippen MR) is 132 cm³/mol. The minimum Gasteiger partial charge on any atom is -0.458 e. The molecule has 0 aromatic heterocycles. The highest BCUT2D eigenvalue weighted by atomic mass is 16.8. The number of carbonyl (C=O) groups excluding carboxylic acids is 2. The molecular formula is C28H42O7. The zero-order chi connectivity index (χ0) is 26.1. The van der Waals surface area contributed by atoms with Gasteiger partial charge in [0.25, 0.3) is 0 Å². The Morgan fingerprint density at radius 2 is 2.03 bits per heavy atom. The highest BCUT2D eigenvalue weighted by Gasteiger charge is 2.70. The second-order valence-corrected chi connectivity index (χ2v) is 10.8. The van der Waals surface area contributed by atoms with Crippen LogP contribution in [0.1, 0.15) is 66.7 Å². The number of aliphatic hydroxyl groups is 1. The minimum atomic E-state index is -1.00. The Hall–Kier alpha value is -1.96. The van der Waals surface area contributed by atoms with Gasteiger partial charge in [-0.15, -0.1) is 0 Å². The van der Waals surface area contributed by atoms with Gasteiger partial charge in [-0.05, 0) is 55.4 Å². The molecule has 0 bridgehead atoms. The molecule has 1 aliphatic heterocycles. The second-order valence-electron chi connectivity index (χ2n) is 10.8. The molecule has 1 saturated heterocycles. The molecule has 0 aromatic carbocycles. The van der Waals surface area contributed by atoms with E-state index >= 15 is 0 Å². The van der Waals surface area contributed by atoms with Crippen molar-refractivity contribution in [1.82, 2.24) is 0 Å². The van der Waals surface area contributed by atoms with Gasteiger partial charge in [-0.1, -0.05) is 52.5 Å². The van der Waals surface area contributed by atoms with Crippen molar-refractivity contribution < 1.29 is 33.6 Å². The van der Waals surface area contributed by atoms with E-state index in [-0.39, 0.29) is 29.1 Å². The molecule has 3 rings (SSSR count). The van der Waals surface area contributed by atoms with E-state index < -0.39 is 36.2 Å². The smallest absolute Gasteiger partial charge is 0.309 e. The molecule has 0 amide bonds. The van der Waals surface area contributed by atoms with Crippen LogP contribution < -0.4 is 0 Å². The Balaban J connectivity index is 2.15. The minimum absolute atomic E-state index is 0.149. The first-order valence-electron chi connectivity index (χ1n) is 12.7. The summed E-state index contributed by atoms with van der Waals surface area (Å²) in [5.41, 5.74) is 0.343. The summed E-state index contributed by atoms with van der Waals surface area (Å²) in [6.07, 6.45) is 3.72. The van der Waals surface area contributed by atoms with Gasteiger partial charge in [-0.25, -0.2) is 0 Å². The van der Waals surface area contributed by atoms with Crippen molar-refractivity contribution in [2.24, 2.45) is 28.6 Å². The summed E-state index contributed by atoms with van der Waals surface area (Å²) >= 11 is 0. The number of rotatable bonds is 9. The fraction of sp³-hybridized carbons (Fsp3) is 0.714. The van der Waals surface area contributed by atoms with E-state index in [1.807, 2.05) is 19.9 Å². The maximum atomic E-state index is 12.7. The van der Waals surface area contributed by atoms with Gasteiger partial charge in [0.2, 0.25) is 6.29 Å². The van der Waals surface area contributed by atoms with E-state index in [1.165, 1.54) is 14.0 Å². The van der Waals surface area contributed by atoms with Crippen LogP contribution in [0.15, 0.2) is 36.5 Å². The Labute approximate surface area is 209 Å². The summed E-state index contributed by atoms with van der Waals surface area (Å²) in [5, 5.41) is 11.7. The van der Waals surface area contributed by atoms with Gasteiger partial charge >= 0.3 is 11.9 Å². The molecule has 3 aliphatic rings. The first-order valence-corrected chi connectivity index (χ1v) is 12.7. The molecule has 1 saturated carbocycles. The molecule has 2 fully saturated rings. The van der Waals surface area contributed by atoms with Crippen LogP contribution in [-0.2, 0) is 28.5 Å². The van der Waals surface area contributed by atoms with Crippen LogP contribution in [0.3, 0.4) is 0 Å². The molecule has 1 unspecified atom stereocenters. The summed E-state index contributed by atoms with van der Waals surface area (Å²) < 4.78 is 23.5. The third-order valence-corrected chi connectivity index (χ3v) is 8.89. The van der Waals surface area contributed by atoms with Gasteiger partial charge < -0.3 is 24.1 Å². The lowest BCUT2D eigenvalue weighted by Gasteiger charge is -2.60. The number of allylic oxidation sites excluding steroid dienone is 2. The molecule has 1 N–H and O–H groups in total. The number of esters is 2. The molecule has 9 atom stereocenters. The second kappa shape index (κ2) is 10.6. The Bertz CT molecular complexity index is 879. The average molecular weight is 491 g/mol. The normalized spacial score (nSPS) is 39.0. The van der Waals surface area contributed by atoms with Crippen molar-refractivity contribution in [3.63, 3.8) is 0 Å². The molecular weight excluding hydrogens is 448 g/mol. The molecule has 0 radical (unpaired) electrons. The first kappa shape index (κ1) is 27.6. The number of aliphatic hydroxyl groups excluding tert-OH is 1. The molecule has 7 nitrogen and oxygen atoms in total. The fourth-order valence-corrected chi connectivity index (χ4v) is 6.39. The lowest BCUT2D eigenvalue weighted by Crippen LogP contribution is -2.63. The van der Waals surface area contributed by atoms with Crippen molar-refractivity contribution in [1.29, 1.82) is 0 Å². The standard InChI is InChI=1S/C28H42O7/c1-9-16(3)11-12-27(7)18(5)13-23(30)28-21(25(32-8)35-26(28)33-19(6)29)14-20(15-22(27)28)34-24(31)17(4)10-2/h9,14,17-18,20,22-23,25-26,30H,1,3,10-13,15H2,2,4-8H3/t17?,18-,20+,22+,23-,25+,26-,27-,28-/m0/s1. The van der Waals surface area contributed by atoms with Gasteiger partial charge in [0.15, 0.2) is 6.29 Å². The number of hydrogen-bond donors (Lipinski definition) is 1. The third-order valence-electron chi connectivity index (χ3n) is 8.89. The van der Waals surface area contributed by atoms with E-state index in [0.29, 0.717) is 24.8 Å². The molecule has 35 heavy (non-hydrogen) atoms. The highest BCUT2D eigenvalue weighted by molar-refractivity contribution is 5.72. The maximum absolute atomic E-state index is 12.7. The summed E-state index contributed by atoms with van der Waals surface area (Å²) in [5.74, 6) is -1.01. The van der Waals surface area contributed by atoms with Crippen molar-refractivity contribution in [3.05, 3.63) is 36.5 Å². The van der Waals surface area contributed by atoms with E-state index in [4.69, 9.17) is 18.9 Å². The van der Waals surface area contributed by atoms with Crippen LogP contribution in [0, 0.1) is 28.6 Å². The lowest BCUT2D eigenvalue weighted by molar-refractivity contribution is -0.254. The quantitative estimate of drug-likeness (QED) is 0.285. The van der Waals surface area contributed by atoms with Crippen LogP contribution in [-0.4, -0.2) is 48.9 Å². The van der Waals surface area contributed by atoms with Gasteiger partial charge in [0.05, 0.1) is 17.4 Å². The third kappa shape index (κ3) is 4.75. The number of ether oxygens (including phenoxy) is 4. The van der Waals surface area contributed by atoms with Crippen LogP contribution in [0.5, 0.6) is 0 Å². The fourth-order valence-electron chi connectivity index (χ4n) is 6.39. The van der Waals surface area contributed by atoms with Crippen LogP contribution in [0.2, 0.25) is 0 Å². The highest BCUT2D eigenvalue weighted by Crippen LogP contribution is 2.67. The van der Waals surface area contributed by atoms with Crippen molar-refractivity contribution >= 4 is 11.9 Å². The molecule has 196 valence electrons. The monoisotopic (exact) mass is 490 g/mol. The van der Waals surface area contributed by atoms with Gasteiger partial charge in [-0.3, -0.25) is 9.59 Å². The van der Waals surface area contributed by atoms with Crippen molar-refractivity contribution in [2.75, 3.05) is 7.11 Å². The topological polar surface area (TPSA) is 91.3 Å². The largest absolute Gasteiger partial charge is 0.458 e. The van der Waals surface area contributed by atoms with Crippen LogP contribution >= 0.6 is 0 Å². The Kier molecular flexibility index (Phi) is 8.34. The Morgan fingerprint density at radius 1 is 1.34 bits per heavy atom. The zero-order valence-corrected chi connectivity index (χ0v) is 22.0. The molecule has 0 aromatic rings. The molecule has 2 aliphatic carbocycles. The van der Waals surface area contributed by atoms with Gasteiger partial charge in [0, 0.05) is 19.6 Å². The summed E-state index contributed by atoms with van der Waals surface area (Å²) in [6, 6.07) is 0. The number of methoxy groups -OCH3 is 1. The van der Waals surface area contributed by atoms with E-state index in [2.05, 4.69) is 27.0 Å². The maximum Gasteiger partial charge on any atom is 0.309 e. The van der Waals surface area contributed by atoms with E-state index in [0.717, 1.165) is 18.4 Å². The lowest BCUT2D eigenvalue weighted by atomic mass is 9.45. The predicted octanol–water partition coefficient (Wildman–Crippen LogP) is 4.70. The zero-order valence-electron chi connectivity index (χ0n) is 22.0. The van der Waals surface area contributed by atoms with E-state index in [1.54, 1.807) is 6.08 Å². The number of carbonyl (C=O) groups is 2. The molecule has 1 spiro atoms. The first-order chi connectivity index (χ1) is 16.4. The van der Waals surface area contributed by atoms with E-state index in [9.17, 15) is 14.7 Å². The SMILES string of the molecule is C=CC(=C)CC[C@]1(C)[C@H]2C[C@H](OC(=O)C(C)CC)C=C3[C@H](OC)O[C@H](OC(C)=O)[C@@]32[C@@H](O)C[C@@H]1C. The van der Waals surface area contributed by atoms with Crippen molar-refractivity contribution in [3.8, 4) is 0 Å². The van der Waals surface area contributed by atoms with Gasteiger partial charge in [0.1, 0.15) is 6.10 Å². The summed E-state index contributed by atoms with van der Waals surface area (Å²) in [6.45, 7) is 17.5.